The van der Waals surface area contributed by atoms with Crippen molar-refractivity contribution in [2.75, 3.05) is 4.90 Å². The minimum Gasteiger partial charge on any atom is -0.455 e. The van der Waals surface area contributed by atoms with Gasteiger partial charge in [0.2, 0.25) is 0 Å². The van der Waals surface area contributed by atoms with Crippen LogP contribution in [0, 0.1) is 0 Å². The molecular weight excluding hydrogens is 943 g/mol. The Morgan fingerprint density at radius 1 is 0.269 bits per heavy atom. The molecule has 0 unspecified atom stereocenters. The van der Waals surface area contributed by atoms with Crippen molar-refractivity contribution in [3.05, 3.63) is 342 Å². The van der Waals surface area contributed by atoms with E-state index in [4.69, 9.17) is 4.42 Å². The lowest BCUT2D eigenvalue weighted by molar-refractivity contribution is 0.672. The first-order valence-corrected chi connectivity index (χ1v) is 27.1. The van der Waals surface area contributed by atoms with Crippen LogP contribution in [0.3, 0.4) is 0 Å². The van der Waals surface area contributed by atoms with Crippen molar-refractivity contribution in [1.29, 1.82) is 0 Å². The summed E-state index contributed by atoms with van der Waals surface area (Å²) in [5.74, 6) is 0. The van der Waals surface area contributed by atoms with Gasteiger partial charge in [0.15, 0.2) is 0 Å². The molecule has 0 bridgehead atoms. The molecule has 2 heteroatoms. The summed E-state index contributed by atoms with van der Waals surface area (Å²) in [4.78, 5) is 2.53. The summed E-state index contributed by atoms with van der Waals surface area (Å²) in [6.45, 7) is 0. The summed E-state index contributed by atoms with van der Waals surface area (Å²) in [6.07, 6.45) is 0. The molecule has 16 rings (SSSR count). The molecule has 2 aliphatic carbocycles. The van der Waals surface area contributed by atoms with Crippen LogP contribution < -0.4 is 4.90 Å². The van der Waals surface area contributed by atoms with E-state index in [1.54, 1.807) is 0 Å². The molecule has 0 atom stereocenters. The number of hydrogen-bond donors (Lipinski definition) is 0. The van der Waals surface area contributed by atoms with E-state index in [0.29, 0.717) is 0 Å². The molecule has 14 aromatic rings. The van der Waals surface area contributed by atoms with E-state index in [9.17, 15) is 0 Å². The molecule has 2 aliphatic rings. The van der Waals surface area contributed by atoms with Gasteiger partial charge in [-0.15, -0.1) is 0 Å². The molecule has 0 saturated heterocycles. The van der Waals surface area contributed by atoms with Gasteiger partial charge in [0, 0.05) is 22.1 Å². The third-order valence-corrected chi connectivity index (χ3v) is 17.2. The number of rotatable bonds is 8. The molecule has 13 aromatic carbocycles. The molecule has 1 aromatic heterocycles. The maximum atomic E-state index is 7.21. The van der Waals surface area contributed by atoms with Crippen LogP contribution in [0.5, 0.6) is 0 Å². The van der Waals surface area contributed by atoms with Crippen LogP contribution in [-0.4, -0.2) is 0 Å². The summed E-state index contributed by atoms with van der Waals surface area (Å²) in [6, 6.07) is 110. The van der Waals surface area contributed by atoms with Gasteiger partial charge in [-0.3, -0.25) is 0 Å². The maximum Gasteiger partial charge on any atom is 0.143 e. The Labute approximate surface area is 453 Å². The second-order valence-electron chi connectivity index (χ2n) is 21.0. The fraction of sp³-hybridized carbons (Fsp3) is 0.0263. The Balaban J connectivity index is 1.02. The Morgan fingerprint density at radius 2 is 0.692 bits per heavy atom. The van der Waals surface area contributed by atoms with Crippen molar-refractivity contribution in [2.24, 2.45) is 0 Å². The van der Waals surface area contributed by atoms with E-state index in [1.807, 2.05) is 0 Å². The van der Waals surface area contributed by atoms with Crippen LogP contribution in [-0.2, 0) is 10.8 Å². The Bertz CT molecular complexity index is 4410. The van der Waals surface area contributed by atoms with E-state index in [0.717, 1.165) is 49.8 Å². The second kappa shape index (κ2) is 17.3. The minimum atomic E-state index is -0.605. The predicted octanol–water partition coefficient (Wildman–Crippen LogP) is 19.8. The fourth-order valence-corrected chi connectivity index (χ4v) is 14.1. The van der Waals surface area contributed by atoms with Gasteiger partial charge in [-0.2, -0.15) is 0 Å². The normalized spacial score (nSPS) is 13.6. The van der Waals surface area contributed by atoms with Gasteiger partial charge in [-0.05, 0) is 137 Å². The molecule has 0 saturated carbocycles. The number of furan rings is 1. The van der Waals surface area contributed by atoms with E-state index in [2.05, 4.69) is 302 Å². The highest BCUT2D eigenvalue weighted by Crippen LogP contribution is 2.60. The lowest BCUT2D eigenvalue weighted by atomic mass is 9.67. The second-order valence-corrected chi connectivity index (χ2v) is 21.0. The lowest BCUT2D eigenvalue weighted by Crippen LogP contribution is -2.29. The maximum absolute atomic E-state index is 7.21. The average Bonchev–Trinajstić information content (AvgIpc) is 4.31. The summed E-state index contributed by atoms with van der Waals surface area (Å²) >= 11 is 0. The predicted molar refractivity (Wildman–Crippen MR) is 323 cm³/mol. The average molecular weight is 992 g/mol. The van der Waals surface area contributed by atoms with E-state index in [1.165, 1.54) is 88.7 Å². The highest BCUT2D eigenvalue weighted by Gasteiger charge is 2.48. The van der Waals surface area contributed by atoms with E-state index in [-0.39, 0.29) is 0 Å². The third-order valence-electron chi connectivity index (χ3n) is 17.2. The molecule has 0 aliphatic heterocycles. The Hall–Kier alpha value is -10.0. The number of fused-ring (bicyclic) bond motifs is 12. The fourth-order valence-electron chi connectivity index (χ4n) is 14.1. The summed E-state index contributed by atoms with van der Waals surface area (Å²) in [5, 5.41) is 6.81. The van der Waals surface area contributed by atoms with Gasteiger partial charge < -0.3 is 9.32 Å². The van der Waals surface area contributed by atoms with Gasteiger partial charge >= 0.3 is 0 Å². The Kier molecular flexibility index (Phi) is 9.80. The molecule has 0 N–H and O–H groups in total. The standard InChI is InChI=1S/C76H49NO/c1-5-25-51(26-6-1)75(52-27-7-2-8-28-52)67-39-19-17-35-60(67)62-45-43-55(47-69(62)75)77(56-44-46-63-61-36-18-20-40-68(61)76(70(63)48-56,53-29-9-3-10-30-53)54-31-11-4-12-32-54)71-41-22-42-72-73(71)66-49-65(59-34-15-16-37-64(59)74(66)78-72)58-38-21-24-50-23-13-14-33-57(50)58/h1-49H. The Morgan fingerprint density at radius 3 is 1.24 bits per heavy atom. The smallest absolute Gasteiger partial charge is 0.143 e. The van der Waals surface area contributed by atoms with Gasteiger partial charge in [0.05, 0.1) is 21.9 Å². The van der Waals surface area contributed by atoms with Crippen molar-refractivity contribution >= 4 is 60.5 Å². The van der Waals surface area contributed by atoms with Crippen LogP contribution in [0.25, 0.3) is 76.9 Å². The highest BCUT2D eigenvalue weighted by atomic mass is 16.3. The van der Waals surface area contributed by atoms with Gasteiger partial charge in [0.25, 0.3) is 0 Å². The van der Waals surface area contributed by atoms with E-state index < -0.39 is 10.8 Å². The first kappa shape index (κ1) is 44.3. The molecule has 0 amide bonds. The molecule has 78 heavy (non-hydrogen) atoms. The minimum absolute atomic E-state index is 0.605. The van der Waals surface area contributed by atoms with Crippen molar-refractivity contribution in [1.82, 2.24) is 0 Å². The molecule has 2 nitrogen and oxygen atoms in total. The number of anilines is 3. The summed E-state index contributed by atoms with van der Waals surface area (Å²) in [5.41, 5.74) is 20.9. The van der Waals surface area contributed by atoms with Crippen LogP contribution in [0.2, 0.25) is 0 Å². The number of hydrogen-bond acceptors (Lipinski definition) is 2. The molecule has 0 spiro atoms. The van der Waals surface area contributed by atoms with Crippen LogP contribution in [0.15, 0.2) is 302 Å². The number of nitrogens with zero attached hydrogens (tertiary/aromatic N) is 1. The third kappa shape index (κ3) is 6.20. The topological polar surface area (TPSA) is 16.4 Å². The largest absolute Gasteiger partial charge is 0.455 e. The van der Waals surface area contributed by atoms with Gasteiger partial charge in [0.1, 0.15) is 11.2 Å². The SMILES string of the molecule is c1ccc(C2(c3ccccc3)c3ccccc3-c3ccc(N(c4ccc5c(c4)C(c4ccccc4)(c4ccccc4)c4ccccc4-5)c4cccc5oc6c7ccccc7c(-c7cccc8ccccc78)cc6c45)cc32)cc1. The van der Waals surface area contributed by atoms with E-state index >= 15 is 0 Å². The quantitative estimate of drug-likeness (QED) is 0.151. The van der Waals surface area contributed by atoms with Gasteiger partial charge in [-0.1, -0.05) is 255 Å². The molecule has 0 radical (unpaired) electrons. The van der Waals surface area contributed by atoms with Crippen LogP contribution in [0.1, 0.15) is 44.5 Å². The summed E-state index contributed by atoms with van der Waals surface area (Å²) in [7, 11) is 0. The highest BCUT2D eigenvalue weighted by molar-refractivity contribution is 6.23. The van der Waals surface area contributed by atoms with Crippen LogP contribution in [0.4, 0.5) is 17.1 Å². The number of benzene rings is 13. The first-order chi connectivity index (χ1) is 38.7. The monoisotopic (exact) mass is 991 g/mol. The molecule has 0 fully saturated rings. The van der Waals surface area contributed by atoms with Crippen molar-refractivity contribution < 1.29 is 4.42 Å². The molecule has 1 heterocycles. The van der Waals surface area contributed by atoms with Crippen LogP contribution >= 0.6 is 0 Å². The lowest BCUT2D eigenvalue weighted by Gasteiger charge is -2.36. The van der Waals surface area contributed by atoms with Crippen molar-refractivity contribution in [2.45, 2.75) is 10.8 Å². The summed E-state index contributed by atoms with van der Waals surface area (Å²) < 4.78 is 7.21. The van der Waals surface area contributed by atoms with Gasteiger partial charge in [-0.25, -0.2) is 0 Å². The zero-order valence-corrected chi connectivity index (χ0v) is 42.6. The zero-order chi connectivity index (χ0) is 51.4. The molecule has 364 valence electrons. The van der Waals surface area contributed by atoms with Crippen molar-refractivity contribution in [3.8, 4) is 33.4 Å². The molecular formula is C76H49NO. The van der Waals surface area contributed by atoms with Crippen molar-refractivity contribution in [3.63, 3.8) is 0 Å². The first-order valence-electron chi connectivity index (χ1n) is 27.1. The zero-order valence-electron chi connectivity index (χ0n) is 42.6.